The summed E-state index contributed by atoms with van der Waals surface area (Å²) >= 11 is 0. The normalized spacial score (nSPS) is 32.6. The van der Waals surface area contributed by atoms with Crippen molar-refractivity contribution in [1.29, 1.82) is 0 Å². The van der Waals surface area contributed by atoms with E-state index < -0.39 is 12.2 Å². The van der Waals surface area contributed by atoms with Gasteiger partial charge in [0.05, 0.1) is 6.04 Å². The van der Waals surface area contributed by atoms with Gasteiger partial charge in [0.15, 0.2) is 0 Å². The number of carbonyl (C=O) groups excluding carboxylic acids is 1. The largest absolute Gasteiger partial charge is 0.465 e. The molecule has 2 fully saturated rings. The first-order valence-corrected chi connectivity index (χ1v) is 4.13. The first-order valence-electron chi connectivity index (χ1n) is 4.13. The molecular weight excluding hydrogens is 176 g/mol. The van der Waals surface area contributed by atoms with Crippen LogP contribution in [0.15, 0.2) is 0 Å². The molecule has 2 amide bonds. The fourth-order valence-electron chi connectivity index (χ4n) is 1.75. The van der Waals surface area contributed by atoms with Crippen LogP contribution in [0.2, 0.25) is 0 Å². The summed E-state index contributed by atoms with van der Waals surface area (Å²) < 4.78 is 4.91. The van der Waals surface area contributed by atoms with E-state index in [2.05, 4.69) is 5.32 Å². The summed E-state index contributed by atoms with van der Waals surface area (Å²) in [7, 11) is 0. The van der Waals surface area contributed by atoms with E-state index in [1.807, 2.05) is 0 Å². The molecule has 0 spiro atoms. The van der Waals surface area contributed by atoms with Crippen molar-refractivity contribution >= 4 is 12.2 Å². The van der Waals surface area contributed by atoms with Crippen LogP contribution in [0.25, 0.3) is 0 Å². The van der Waals surface area contributed by atoms with E-state index in [1.165, 1.54) is 0 Å². The number of hydrogen-bond donors (Lipinski definition) is 2. The molecule has 0 aromatic carbocycles. The van der Waals surface area contributed by atoms with Crippen LogP contribution in [0.5, 0.6) is 0 Å². The number of amides is 2. The summed E-state index contributed by atoms with van der Waals surface area (Å²) in [6, 6.07) is -0.348. The monoisotopic (exact) mass is 186 g/mol. The second-order valence-electron chi connectivity index (χ2n) is 3.13. The second kappa shape index (κ2) is 2.88. The quantitative estimate of drug-likeness (QED) is 0.550. The minimum atomic E-state index is -1.23. The molecule has 2 unspecified atom stereocenters. The first kappa shape index (κ1) is 8.31. The Morgan fingerprint density at radius 2 is 2.46 bits per heavy atom. The van der Waals surface area contributed by atoms with Crippen LogP contribution in [0, 0.1) is 0 Å². The van der Waals surface area contributed by atoms with E-state index in [1.54, 1.807) is 0 Å². The van der Waals surface area contributed by atoms with Gasteiger partial charge < -0.3 is 15.2 Å². The lowest BCUT2D eigenvalue weighted by atomic mass is 10.0. The molecule has 2 saturated heterocycles. The number of fused-ring (bicyclic) bond motifs is 1. The SMILES string of the molecule is O=C(O)N1C(=O)OC2CCNCC21. The van der Waals surface area contributed by atoms with Crippen LogP contribution < -0.4 is 5.32 Å². The van der Waals surface area contributed by atoms with E-state index in [-0.39, 0.29) is 12.1 Å². The molecule has 0 saturated carbocycles. The van der Waals surface area contributed by atoms with Gasteiger partial charge in [-0.2, -0.15) is 0 Å². The molecule has 72 valence electrons. The highest BCUT2D eigenvalue weighted by Gasteiger charge is 2.46. The lowest BCUT2D eigenvalue weighted by molar-refractivity contribution is 0.117. The van der Waals surface area contributed by atoms with Crippen LogP contribution in [0.4, 0.5) is 9.59 Å². The zero-order valence-electron chi connectivity index (χ0n) is 6.90. The Morgan fingerprint density at radius 1 is 1.69 bits per heavy atom. The van der Waals surface area contributed by atoms with Crippen molar-refractivity contribution in [3.8, 4) is 0 Å². The van der Waals surface area contributed by atoms with Crippen LogP contribution in [-0.4, -0.2) is 47.4 Å². The summed E-state index contributed by atoms with van der Waals surface area (Å²) in [4.78, 5) is 22.5. The first-order chi connectivity index (χ1) is 6.20. The summed E-state index contributed by atoms with van der Waals surface area (Å²) in [6.07, 6.45) is -1.56. The summed E-state index contributed by atoms with van der Waals surface area (Å²) in [5.41, 5.74) is 0. The molecule has 2 aliphatic heterocycles. The number of rotatable bonds is 0. The minimum absolute atomic E-state index is 0.259. The maximum Gasteiger partial charge on any atom is 0.420 e. The molecule has 2 aliphatic rings. The summed E-state index contributed by atoms with van der Waals surface area (Å²) in [5, 5.41) is 11.7. The van der Waals surface area contributed by atoms with Crippen LogP contribution >= 0.6 is 0 Å². The highest BCUT2D eigenvalue weighted by molar-refractivity contribution is 5.89. The molecule has 2 heterocycles. The molecule has 2 rings (SSSR count). The van der Waals surface area contributed by atoms with Crippen LogP contribution in [0.1, 0.15) is 6.42 Å². The number of hydrogen-bond acceptors (Lipinski definition) is 4. The lowest BCUT2D eigenvalue weighted by Gasteiger charge is -2.25. The zero-order chi connectivity index (χ0) is 9.42. The van der Waals surface area contributed by atoms with Crippen molar-refractivity contribution in [2.75, 3.05) is 13.1 Å². The van der Waals surface area contributed by atoms with Crippen molar-refractivity contribution in [1.82, 2.24) is 10.2 Å². The highest BCUT2D eigenvalue weighted by atomic mass is 16.6. The van der Waals surface area contributed by atoms with Crippen LogP contribution in [0.3, 0.4) is 0 Å². The van der Waals surface area contributed by atoms with Gasteiger partial charge in [0, 0.05) is 6.54 Å². The Labute approximate surface area is 74.5 Å². The van der Waals surface area contributed by atoms with Gasteiger partial charge in [-0.15, -0.1) is 0 Å². The number of piperidine rings is 1. The fraction of sp³-hybridized carbons (Fsp3) is 0.714. The third-order valence-electron chi connectivity index (χ3n) is 2.37. The van der Waals surface area contributed by atoms with Gasteiger partial charge in [-0.1, -0.05) is 0 Å². The average Bonchev–Trinajstić information content (AvgIpc) is 2.39. The topological polar surface area (TPSA) is 78.9 Å². The van der Waals surface area contributed by atoms with Crippen LogP contribution in [-0.2, 0) is 4.74 Å². The van der Waals surface area contributed by atoms with Gasteiger partial charge in [-0.25, -0.2) is 14.5 Å². The molecule has 2 atom stereocenters. The Kier molecular flexibility index (Phi) is 1.84. The number of nitrogens with one attached hydrogen (secondary N) is 1. The Bertz CT molecular complexity index is 255. The molecule has 0 bridgehead atoms. The minimum Gasteiger partial charge on any atom is -0.465 e. The molecule has 6 nitrogen and oxygen atoms in total. The molecule has 0 radical (unpaired) electrons. The highest BCUT2D eigenvalue weighted by Crippen LogP contribution is 2.23. The van der Waals surface area contributed by atoms with Crippen molar-refractivity contribution in [3.63, 3.8) is 0 Å². The average molecular weight is 186 g/mol. The van der Waals surface area contributed by atoms with Gasteiger partial charge >= 0.3 is 12.2 Å². The Balaban J connectivity index is 2.18. The van der Waals surface area contributed by atoms with Crippen molar-refractivity contribution in [3.05, 3.63) is 0 Å². The molecule has 6 heteroatoms. The van der Waals surface area contributed by atoms with E-state index in [4.69, 9.17) is 9.84 Å². The zero-order valence-corrected chi connectivity index (χ0v) is 6.90. The van der Waals surface area contributed by atoms with Crippen molar-refractivity contribution in [2.45, 2.75) is 18.6 Å². The molecule has 0 aromatic rings. The molecule has 2 N–H and O–H groups in total. The molecule has 0 aliphatic carbocycles. The molecule has 13 heavy (non-hydrogen) atoms. The maximum atomic E-state index is 11.1. The van der Waals surface area contributed by atoms with E-state index in [0.29, 0.717) is 13.0 Å². The third-order valence-corrected chi connectivity index (χ3v) is 2.37. The third kappa shape index (κ3) is 1.23. The van der Waals surface area contributed by atoms with E-state index in [0.717, 1.165) is 11.4 Å². The Morgan fingerprint density at radius 3 is 3.15 bits per heavy atom. The second-order valence-corrected chi connectivity index (χ2v) is 3.13. The number of carboxylic acid groups (broad SMARTS) is 1. The van der Waals surface area contributed by atoms with E-state index >= 15 is 0 Å². The molecule has 0 aromatic heterocycles. The maximum absolute atomic E-state index is 11.1. The number of carbonyl (C=O) groups is 2. The molecular formula is C7H10N2O4. The lowest BCUT2D eigenvalue weighted by Crippen LogP contribution is -2.50. The van der Waals surface area contributed by atoms with Gasteiger partial charge in [-0.3, -0.25) is 0 Å². The van der Waals surface area contributed by atoms with Gasteiger partial charge in [0.2, 0.25) is 0 Å². The fourth-order valence-corrected chi connectivity index (χ4v) is 1.75. The summed E-state index contributed by atoms with van der Waals surface area (Å²) in [6.45, 7) is 1.25. The summed E-state index contributed by atoms with van der Waals surface area (Å²) in [5.74, 6) is 0. The Hall–Kier alpha value is -1.30. The predicted molar refractivity (Wildman–Crippen MR) is 41.4 cm³/mol. The number of nitrogens with zero attached hydrogens (tertiary/aromatic N) is 1. The predicted octanol–water partition coefficient (Wildman–Crippen LogP) is -0.153. The number of ether oxygens (including phenoxy) is 1. The van der Waals surface area contributed by atoms with Gasteiger partial charge in [0.1, 0.15) is 6.10 Å². The van der Waals surface area contributed by atoms with Gasteiger partial charge in [-0.05, 0) is 13.0 Å². The van der Waals surface area contributed by atoms with Crippen molar-refractivity contribution < 1.29 is 19.4 Å². The standard InChI is InChI=1S/C7H10N2O4/c10-6(11)9-4-3-8-2-1-5(4)13-7(9)12/h4-5,8H,1-3H2,(H,10,11). The van der Waals surface area contributed by atoms with E-state index in [9.17, 15) is 9.59 Å². The van der Waals surface area contributed by atoms with Crippen molar-refractivity contribution in [2.24, 2.45) is 0 Å². The number of imide groups is 1. The van der Waals surface area contributed by atoms with Gasteiger partial charge in [0.25, 0.3) is 0 Å². The smallest absolute Gasteiger partial charge is 0.420 e.